The van der Waals surface area contributed by atoms with Crippen LogP contribution in [0.4, 0.5) is 4.79 Å². The predicted molar refractivity (Wildman–Crippen MR) is 64.6 cm³/mol. The quantitative estimate of drug-likeness (QED) is 0.606. The number of carbonyl (C=O) groups is 2. The molecule has 5 nitrogen and oxygen atoms in total. The molecule has 0 heterocycles. The van der Waals surface area contributed by atoms with Gasteiger partial charge in [-0.25, -0.2) is 9.59 Å². The van der Waals surface area contributed by atoms with Crippen LogP contribution in [0.1, 0.15) is 34.1 Å². The molecule has 1 amide bonds. The molecule has 0 aliphatic rings. The smallest absolute Gasteiger partial charge is 0.408 e. The summed E-state index contributed by atoms with van der Waals surface area (Å²) in [6.07, 6.45) is 3.02. The number of alkyl carbamates (subject to hydrolysis) is 1. The number of methoxy groups -OCH3 is 1. The van der Waals surface area contributed by atoms with E-state index >= 15 is 0 Å². The van der Waals surface area contributed by atoms with E-state index in [0.717, 1.165) is 0 Å². The first-order chi connectivity index (χ1) is 7.78. The minimum absolute atomic E-state index is 0.246. The van der Waals surface area contributed by atoms with Gasteiger partial charge in [0.2, 0.25) is 0 Å². The molecule has 1 N–H and O–H groups in total. The first kappa shape index (κ1) is 15.5. The molecule has 0 unspecified atom stereocenters. The van der Waals surface area contributed by atoms with Crippen molar-refractivity contribution in [2.24, 2.45) is 0 Å². The zero-order valence-corrected chi connectivity index (χ0v) is 11.1. The Bertz CT molecular complexity index is 291. The Morgan fingerprint density at radius 1 is 1.35 bits per heavy atom. The number of amides is 1. The van der Waals surface area contributed by atoms with Crippen molar-refractivity contribution in [3.8, 4) is 0 Å². The Morgan fingerprint density at radius 2 is 1.94 bits per heavy atom. The molecule has 0 rings (SSSR count). The highest BCUT2D eigenvalue weighted by atomic mass is 16.6. The second-order valence-electron chi connectivity index (χ2n) is 4.54. The van der Waals surface area contributed by atoms with Crippen molar-refractivity contribution >= 4 is 12.1 Å². The predicted octanol–water partition coefficient (Wildman–Crippen LogP) is 2.02. The van der Waals surface area contributed by atoms with Gasteiger partial charge in [-0.15, -0.1) is 0 Å². The van der Waals surface area contributed by atoms with Crippen LogP contribution in [0.25, 0.3) is 0 Å². The van der Waals surface area contributed by atoms with E-state index in [4.69, 9.17) is 4.74 Å². The van der Waals surface area contributed by atoms with Crippen LogP contribution in [0.5, 0.6) is 0 Å². The molecule has 0 saturated carbocycles. The highest BCUT2D eigenvalue weighted by Crippen LogP contribution is 2.07. The van der Waals surface area contributed by atoms with Crippen LogP contribution in [-0.4, -0.2) is 30.8 Å². The lowest BCUT2D eigenvalue weighted by Crippen LogP contribution is -2.38. The fraction of sp³-hybridized carbons (Fsp3) is 0.667. The van der Waals surface area contributed by atoms with Gasteiger partial charge in [-0.3, -0.25) is 0 Å². The second-order valence-corrected chi connectivity index (χ2v) is 4.54. The van der Waals surface area contributed by atoms with Crippen molar-refractivity contribution < 1.29 is 19.1 Å². The zero-order valence-electron chi connectivity index (χ0n) is 11.1. The number of nitrogens with one attached hydrogen (secondary N) is 1. The van der Waals surface area contributed by atoms with E-state index in [9.17, 15) is 9.59 Å². The van der Waals surface area contributed by atoms with Gasteiger partial charge in [-0.1, -0.05) is 13.0 Å². The SMILES string of the molecule is CC[C@@H](C=CC(=O)OC)NC(=O)OC(C)(C)C. The summed E-state index contributed by atoms with van der Waals surface area (Å²) in [7, 11) is 1.30. The van der Waals surface area contributed by atoms with Gasteiger partial charge in [-0.2, -0.15) is 0 Å². The fourth-order valence-corrected chi connectivity index (χ4v) is 1.01. The Labute approximate surface area is 102 Å². The topological polar surface area (TPSA) is 64.6 Å². The van der Waals surface area contributed by atoms with E-state index in [0.29, 0.717) is 6.42 Å². The largest absolute Gasteiger partial charge is 0.466 e. The maximum absolute atomic E-state index is 11.5. The Morgan fingerprint density at radius 3 is 2.35 bits per heavy atom. The molecule has 98 valence electrons. The molecule has 0 radical (unpaired) electrons. The van der Waals surface area contributed by atoms with Gasteiger partial charge < -0.3 is 14.8 Å². The summed E-state index contributed by atoms with van der Waals surface area (Å²) in [5, 5.41) is 2.65. The number of hydrogen-bond donors (Lipinski definition) is 1. The maximum Gasteiger partial charge on any atom is 0.408 e. The van der Waals surface area contributed by atoms with Crippen LogP contribution in [0.15, 0.2) is 12.2 Å². The van der Waals surface area contributed by atoms with Gasteiger partial charge in [-0.05, 0) is 27.2 Å². The molecule has 5 heteroatoms. The summed E-state index contributed by atoms with van der Waals surface area (Å²) in [5.41, 5.74) is -0.533. The van der Waals surface area contributed by atoms with Gasteiger partial charge >= 0.3 is 12.1 Å². The van der Waals surface area contributed by atoms with Crippen LogP contribution < -0.4 is 5.32 Å². The van der Waals surface area contributed by atoms with Gasteiger partial charge in [0.1, 0.15) is 5.60 Å². The van der Waals surface area contributed by atoms with Crippen LogP contribution in [-0.2, 0) is 14.3 Å². The van der Waals surface area contributed by atoms with Crippen molar-refractivity contribution in [1.29, 1.82) is 0 Å². The van der Waals surface area contributed by atoms with Crippen LogP contribution >= 0.6 is 0 Å². The molecule has 0 spiro atoms. The minimum atomic E-state index is -0.533. The first-order valence-corrected chi connectivity index (χ1v) is 5.54. The third kappa shape index (κ3) is 8.30. The minimum Gasteiger partial charge on any atom is -0.466 e. The normalized spacial score (nSPS) is 13.2. The number of ether oxygens (including phenoxy) is 2. The Balaban J connectivity index is 4.27. The molecule has 0 aromatic carbocycles. The van der Waals surface area contributed by atoms with Gasteiger partial charge in [0.15, 0.2) is 0 Å². The molecule has 0 fully saturated rings. The number of hydrogen-bond acceptors (Lipinski definition) is 4. The molecule has 0 aromatic heterocycles. The van der Waals surface area contributed by atoms with Crippen molar-refractivity contribution in [2.75, 3.05) is 7.11 Å². The third-order valence-corrected chi connectivity index (χ3v) is 1.81. The lowest BCUT2D eigenvalue weighted by Gasteiger charge is -2.21. The summed E-state index contributed by atoms with van der Waals surface area (Å²) in [6.45, 7) is 7.26. The lowest BCUT2D eigenvalue weighted by molar-refractivity contribution is -0.134. The van der Waals surface area contributed by atoms with E-state index in [1.54, 1.807) is 26.8 Å². The van der Waals surface area contributed by atoms with Crippen LogP contribution in [0, 0.1) is 0 Å². The highest BCUT2D eigenvalue weighted by molar-refractivity contribution is 5.82. The van der Waals surface area contributed by atoms with Crippen molar-refractivity contribution in [2.45, 2.75) is 45.8 Å². The monoisotopic (exact) mass is 243 g/mol. The summed E-state index contributed by atoms with van der Waals surface area (Å²) in [6, 6.07) is -0.246. The standard InChI is InChI=1S/C12H21NO4/c1-6-9(7-8-10(14)16-5)13-11(15)17-12(2,3)4/h7-9H,6H2,1-5H3,(H,13,15)/t9-/m0/s1. The summed E-state index contributed by atoms with van der Waals surface area (Å²) in [4.78, 5) is 22.4. The molecule has 1 atom stereocenters. The average molecular weight is 243 g/mol. The maximum atomic E-state index is 11.5. The molecular weight excluding hydrogens is 222 g/mol. The fourth-order valence-electron chi connectivity index (χ4n) is 1.01. The third-order valence-electron chi connectivity index (χ3n) is 1.81. The van der Waals surface area contributed by atoms with E-state index in [1.165, 1.54) is 13.2 Å². The van der Waals surface area contributed by atoms with E-state index in [1.807, 2.05) is 6.92 Å². The van der Waals surface area contributed by atoms with Gasteiger partial charge in [0, 0.05) is 6.08 Å². The molecular formula is C12H21NO4. The van der Waals surface area contributed by atoms with E-state index in [2.05, 4.69) is 10.1 Å². The van der Waals surface area contributed by atoms with E-state index in [-0.39, 0.29) is 6.04 Å². The summed E-state index contributed by atoms with van der Waals surface area (Å²) in [5.74, 6) is -0.450. The zero-order chi connectivity index (χ0) is 13.5. The van der Waals surface area contributed by atoms with Gasteiger partial charge in [0.05, 0.1) is 13.2 Å². The number of rotatable bonds is 4. The molecule has 0 bridgehead atoms. The number of carbonyl (C=O) groups excluding carboxylic acids is 2. The van der Waals surface area contributed by atoms with Crippen molar-refractivity contribution in [1.82, 2.24) is 5.32 Å². The molecule has 0 aliphatic heterocycles. The molecule has 0 aliphatic carbocycles. The number of esters is 1. The average Bonchev–Trinajstić information content (AvgIpc) is 2.20. The van der Waals surface area contributed by atoms with Crippen LogP contribution in [0.3, 0.4) is 0 Å². The highest BCUT2D eigenvalue weighted by Gasteiger charge is 2.17. The van der Waals surface area contributed by atoms with Gasteiger partial charge in [0.25, 0.3) is 0 Å². The molecule has 17 heavy (non-hydrogen) atoms. The molecule has 0 aromatic rings. The van der Waals surface area contributed by atoms with Crippen molar-refractivity contribution in [3.05, 3.63) is 12.2 Å². The summed E-state index contributed by atoms with van der Waals surface area (Å²) >= 11 is 0. The Hall–Kier alpha value is -1.52. The Kier molecular flexibility index (Phi) is 6.31. The lowest BCUT2D eigenvalue weighted by atomic mass is 10.2. The van der Waals surface area contributed by atoms with Crippen molar-refractivity contribution in [3.63, 3.8) is 0 Å². The second kappa shape index (κ2) is 6.93. The summed E-state index contributed by atoms with van der Waals surface area (Å²) < 4.78 is 9.56. The van der Waals surface area contributed by atoms with Crippen LogP contribution in [0.2, 0.25) is 0 Å². The first-order valence-electron chi connectivity index (χ1n) is 5.54. The van der Waals surface area contributed by atoms with E-state index < -0.39 is 17.7 Å². The molecule has 0 saturated heterocycles.